The Balaban J connectivity index is 1.77. The number of ether oxygens (including phenoxy) is 1. The van der Waals surface area contributed by atoms with Gasteiger partial charge in [-0.2, -0.15) is 0 Å². The lowest BCUT2D eigenvalue weighted by atomic mass is 9.97. The lowest BCUT2D eigenvalue weighted by molar-refractivity contribution is 0.398. The summed E-state index contributed by atoms with van der Waals surface area (Å²) in [5.74, 6) is 0.608. The van der Waals surface area contributed by atoms with Crippen molar-refractivity contribution in [3.63, 3.8) is 0 Å². The van der Waals surface area contributed by atoms with Crippen LogP contribution >= 0.6 is 0 Å². The monoisotopic (exact) mass is 408 g/mol. The van der Waals surface area contributed by atoms with Crippen molar-refractivity contribution in [2.24, 2.45) is 7.05 Å². The van der Waals surface area contributed by atoms with Crippen LogP contribution in [-0.2, 0) is 13.5 Å². The second-order valence-corrected chi connectivity index (χ2v) is 8.03. The number of rotatable bonds is 3. The van der Waals surface area contributed by atoms with E-state index < -0.39 is 0 Å². The maximum absolute atomic E-state index is 5.22. The third-order valence-electron chi connectivity index (χ3n) is 5.94. The van der Waals surface area contributed by atoms with Crippen molar-refractivity contribution >= 4 is 22.3 Å². The molecule has 0 unspecified atom stereocenters. The molecule has 0 atom stereocenters. The molecule has 1 aliphatic heterocycles. The molecule has 0 bridgehead atoms. The first-order valence-electron chi connectivity index (χ1n) is 10.2. The molecule has 31 heavy (non-hydrogen) atoms. The van der Waals surface area contributed by atoms with Gasteiger partial charge in [0, 0.05) is 60.8 Å². The summed E-state index contributed by atoms with van der Waals surface area (Å²) in [4.78, 5) is 11.5. The highest BCUT2D eigenvalue weighted by Gasteiger charge is 2.30. The molecule has 3 aromatic heterocycles. The van der Waals surface area contributed by atoms with Crippen molar-refractivity contribution in [1.29, 1.82) is 0 Å². The molecule has 5 rings (SSSR count). The highest BCUT2D eigenvalue weighted by atomic mass is 16.5. The van der Waals surface area contributed by atoms with Crippen LogP contribution in [0.1, 0.15) is 16.7 Å². The van der Waals surface area contributed by atoms with E-state index in [-0.39, 0.29) is 0 Å². The molecular formula is C26H24N4O. The van der Waals surface area contributed by atoms with Crippen molar-refractivity contribution < 1.29 is 4.74 Å². The normalized spacial score (nSPS) is 12.9. The number of allylic oxidation sites excluding steroid dienone is 1. The fraction of sp³-hybridized carbons (Fsp3) is 0.192. The molecule has 0 spiro atoms. The van der Waals surface area contributed by atoms with E-state index in [4.69, 9.17) is 9.72 Å². The van der Waals surface area contributed by atoms with Crippen LogP contribution in [0.5, 0.6) is 5.88 Å². The van der Waals surface area contributed by atoms with Gasteiger partial charge in [-0.15, -0.1) is 5.73 Å². The molecule has 0 saturated carbocycles. The first kappa shape index (κ1) is 19.2. The Morgan fingerprint density at radius 2 is 1.90 bits per heavy atom. The van der Waals surface area contributed by atoms with Crippen molar-refractivity contribution in [2.45, 2.75) is 20.3 Å². The lowest BCUT2D eigenvalue weighted by Crippen LogP contribution is -2.12. The smallest absolute Gasteiger partial charge is 0.212 e. The summed E-state index contributed by atoms with van der Waals surface area (Å²) in [6.45, 7) is 8.21. The molecule has 4 aromatic rings. The van der Waals surface area contributed by atoms with Crippen LogP contribution in [0.3, 0.4) is 0 Å². The predicted octanol–water partition coefficient (Wildman–Crippen LogP) is 5.62. The quantitative estimate of drug-likeness (QED) is 0.413. The van der Waals surface area contributed by atoms with Gasteiger partial charge in [0.15, 0.2) is 0 Å². The van der Waals surface area contributed by atoms with Crippen LogP contribution < -0.4 is 9.64 Å². The first-order valence-corrected chi connectivity index (χ1v) is 10.2. The van der Waals surface area contributed by atoms with Crippen LogP contribution in [0, 0.1) is 13.8 Å². The van der Waals surface area contributed by atoms with Gasteiger partial charge in [-0.25, -0.2) is 4.98 Å². The van der Waals surface area contributed by atoms with Crippen LogP contribution in [0.15, 0.2) is 67.1 Å². The van der Waals surface area contributed by atoms with Gasteiger partial charge in [0.1, 0.15) is 0 Å². The molecule has 0 amide bonds. The van der Waals surface area contributed by atoms with Gasteiger partial charge in [-0.1, -0.05) is 6.58 Å². The average Bonchev–Trinajstić information content (AvgIpc) is 3.31. The first-order chi connectivity index (χ1) is 15.0. The number of benzene rings is 1. The Kier molecular flexibility index (Phi) is 4.42. The van der Waals surface area contributed by atoms with E-state index in [9.17, 15) is 0 Å². The summed E-state index contributed by atoms with van der Waals surface area (Å²) >= 11 is 0. The van der Waals surface area contributed by atoms with E-state index in [0.29, 0.717) is 5.88 Å². The molecular weight excluding hydrogens is 384 g/mol. The number of aryl methyl sites for hydroxylation is 3. The van der Waals surface area contributed by atoms with Crippen LogP contribution in [0.25, 0.3) is 22.0 Å². The number of pyridine rings is 2. The minimum absolute atomic E-state index is 0.608. The van der Waals surface area contributed by atoms with Crippen molar-refractivity contribution in [2.75, 3.05) is 12.0 Å². The van der Waals surface area contributed by atoms with E-state index in [1.165, 1.54) is 11.1 Å². The topological polar surface area (TPSA) is 43.2 Å². The highest BCUT2D eigenvalue weighted by Crippen LogP contribution is 2.46. The summed E-state index contributed by atoms with van der Waals surface area (Å²) in [5.41, 5.74) is 13.2. The largest absolute Gasteiger partial charge is 0.481 e. The number of anilines is 2. The van der Waals surface area contributed by atoms with Gasteiger partial charge in [0.2, 0.25) is 5.88 Å². The minimum atomic E-state index is 0.608. The standard InChI is InChI=1S/C26H24N4O/c1-6-20-10-19-13-27-23-9-16(2)21(18-7-8-25(31-5)28-12-18)11-22(23)26(19)30(20)24-15-29(4)14-17(24)3/h7-9,11-15H,1,10H2,2-5H3. The summed E-state index contributed by atoms with van der Waals surface area (Å²) in [6.07, 6.45) is 8.90. The Labute approximate surface area is 181 Å². The zero-order chi connectivity index (χ0) is 21.7. The Bertz CT molecular complexity index is 1380. The molecule has 1 aromatic carbocycles. The zero-order valence-corrected chi connectivity index (χ0v) is 18.2. The zero-order valence-electron chi connectivity index (χ0n) is 18.2. The summed E-state index contributed by atoms with van der Waals surface area (Å²) in [6, 6.07) is 8.33. The number of nitrogens with zero attached hydrogens (tertiary/aromatic N) is 4. The number of fused-ring (bicyclic) bond motifs is 3. The number of hydrogen-bond acceptors (Lipinski definition) is 4. The van der Waals surface area contributed by atoms with E-state index in [1.807, 2.05) is 31.6 Å². The predicted molar refractivity (Wildman–Crippen MR) is 125 cm³/mol. The van der Waals surface area contributed by atoms with E-state index >= 15 is 0 Å². The fourth-order valence-corrected chi connectivity index (χ4v) is 4.48. The molecule has 1 aliphatic rings. The summed E-state index contributed by atoms with van der Waals surface area (Å²) < 4.78 is 7.31. The van der Waals surface area contributed by atoms with E-state index in [2.05, 4.69) is 65.1 Å². The molecule has 154 valence electrons. The summed E-state index contributed by atoms with van der Waals surface area (Å²) in [5, 5.41) is 1.11. The lowest BCUT2D eigenvalue weighted by Gasteiger charge is -2.22. The third-order valence-corrected chi connectivity index (χ3v) is 5.94. The fourth-order valence-electron chi connectivity index (χ4n) is 4.48. The van der Waals surface area contributed by atoms with E-state index in [0.717, 1.165) is 51.1 Å². The maximum Gasteiger partial charge on any atom is 0.212 e. The Hall–Kier alpha value is -3.82. The second kappa shape index (κ2) is 7.15. The highest BCUT2D eigenvalue weighted by molar-refractivity contribution is 6.01. The van der Waals surface area contributed by atoms with Gasteiger partial charge in [0.25, 0.3) is 0 Å². The molecule has 0 fully saturated rings. The average molecular weight is 409 g/mol. The molecule has 5 nitrogen and oxygen atoms in total. The van der Waals surface area contributed by atoms with Gasteiger partial charge < -0.3 is 14.2 Å². The molecule has 0 N–H and O–H groups in total. The Morgan fingerprint density at radius 3 is 2.55 bits per heavy atom. The number of methoxy groups -OCH3 is 1. The maximum atomic E-state index is 5.22. The van der Waals surface area contributed by atoms with Gasteiger partial charge >= 0.3 is 0 Å². The van der Waals surface area contributed by atoms with Gasteiger partial charge in [-0.3, -0.25) is 4.98 Å². The number of hydrogen-bond donors (Lipinski definition) is 0. The van der Waals surface area contributed by atoms with Crippen LogP contribution in [0.4, 0.5) is 11.4 Å². The SMILES string of the molecule is C=C=C1Cc2cnc3cc(C)c(-c4ccc(OC)nc4)cc3c2N1c1cn(C)cc1C. The molecule has 4 heterocycles. The third kappa shape index (κ3) is 3.02. The summed E-state index contributed by atoms with van der Waals surface area (Å²) in [7, 11) is 3.68. The number of aromatic nitrogens is 3. The van der Waals surface area contributed by atoms with Crippen LogP contribution in [-0.4, -0.2) is 21.6 Å². The van der Waals surface area contributed by atoms with Crippen molar-refractivity contribution in [1.82, 2.24) is 14.5 Å². The van der Waals surface area contributed by atoms with Gasteiger partial charge in [-0.05, 0) is 48.7 Å². The van der Waals surface area contributed by atoms with Crippen LogP contribution in [0.2, 0.25) is 0 Å². The van der Waals surface area contributed by atoms with Crippen molar-refractivity contribution in [3.8, 4) is 17.0 Å². The molecule has 0 aliphatic carbocycles. The molecule has 0 saturated heterocycles. The van der Waals surface area contributed by atoms with Gasteiger partial charge in [0.05, 0.1) is 29.7 Å². The molecule has 5 heteroatoms. The van der Waals surface area contributed by atoms with Crippen molar-refractivity contribution in [3.05, 3.63) is 83.8 Å². The van der Waals surface area contributed by atoms with E-state index in [1.54, 1.807) is 7.11 Å². The molecule has 0 radical (unpaired) electrons. The minimum Gasteiger partial charge on any atom is -0.481 e. The Morgan fingerprint density at radius 1 is 1.06 bits per heavy atom. The second-order valence-electron chi connectivity index (χ2n) is 8.03.